The third-order valence-corrected chi connectivity index (χ3v) is 3.68. The van der Waals surface area contributed by atoms with Gasteiger partial charge in [0.1, 0.15) is 11.6 Å². The van der Waals surface area contributed by atoms with Gasteiger partial charge in [-0.25, -0.2) is 9.37 Å². The maximum Gasteiger partial charge on any atom is 0.224 e. The summed E-state index contributed by atoms with van der Waals surface area (Å²) in [7, 11) is 1.73. The topological polar surface area (TPSA) is 49.8 Å². The van der Waals surface area contributed by atoms with Crippen LogP contribution in [0.15, 0.2) is 27.3 Å². The molecule has 1 aromatic carbocycles. The van der Waals surface area contributed by atoms with Crippen LogP contribution < -0.4 is 10.6 Å². The molecule has 0 aliphatic rings. The fourth-order valence-electron chi connectivity index (χ4n) is 1.48. The number of nitrogens with zero attached hydrogens (tertiary/aromatic N) is 2. The number of halogens is 3. The minimum Gasteiger partial charge on any atom is -0.357 e. The van der Waals surface area contributed by atoms with E-state index in [1.807, 2.05) is 6.92 Å². The van der Waals surface area contributed by atoms with Crippen molar-refractivity contribution in [1.29, 1.82) is 0 Å². The molecule has 0 aliphatic carbocycles. The quantitative estimate of drug-likeness (QED) is 0.824. The van der Waals surface area contributed by atoms with Gasteiger partial charge in [0, 0.05) is 18.9 Å². The summed E-state index contributed by atoms with van der Waals surface area (Å²) < 4.78 is 14.7. The monoisotopic (exact) mass is 388 g/mol. The smallest absolute Gasteiger partial charge is 0.224 e. The summed E-state index contributed by atoms with van der Waals surface area (Å²) in [5.74, 6) is 0.734. The Labute approximate surface area is 127 Å². The normalized spacial score (nSPS) is 10.4. The van der Waals surface area contributed by atoms with Crippen molar-refractivity contribution in [3.63, 3.8) is 0 Å². The molecule has 0 atom stereocenters. The van der Waals surface area contributed by atoms with E-state index in [2.05, 4.69) is 52.5 Å². The molecule has 0 bridgehead atoms. The van der Waals surface area contributed by atoms with Crippen molar-refractivity contribution in [2.24, 2.45) is 0 Å². The lowest BCUT2D eigenvalue weighted by atomic mass is 10.2. The van der Waals surface area contributed by atoms with Crippen molar-refractivity contribution >= 4 is 49.3 Å². The predicted molar refractivity (Wildman–Crippen MR) is 81.4 cm³/mol. The van der Waals surface area contributed by atoms with E-state index in [1.165, 1.54) is 6.07 Å². The van der Waals surface area contributed by atoms with Gasteiger partial charge in [-0.1, -0.05) is 0 Å². The number of aromatic nitrogens is 2. The van der Waals surface area contributed by atoms with E-state index in [9.17, 15) is 4.39 Å². The molecule has 4 nitrogen and oxygen atoms in total. The van der Waals surface area contributed by atoms with Gasteiger partial charge in [0.2, 0.25) is 5.95 Å². The highest BCUT2D eigenvalue weighted by Crippen LogP contribution is 2.29. The average Bonchev–Trinajstić information content (AvgIpc) is 2.38. The van der Waals surface area contributed by atoms with E-state index in [4.69, 9.17) is 0 Å². The molecular formula is C12H11Br2FN4. The zero-order valence-electron chi connectivity index (χ0n) is 10.3. The summed E-state index contributed by atoms with van der Waals surface area (Å²) in [5, 5.41) is 5.94. The molecular weight excluding hydrogens is 379 g/mol. The van der Waals surface area contributed by atoms with Crippen LogP contribution in [-0.2, 0) is 0 Å². The third kappa shape index (κ3) is 3.22. The first-order chi connectivity index (χ1) is 9.01. The molecule has 0 amide bonds. The minimum absolute atomic E-state index is 0.327. The third-order valence-electron chi connectivity index (χ3n) is 2.49. The number of hydrogen-bond donors (Lipinski definition) is 2. The number of hydrogen-bond acceptors (Lipinski definition) is 4. The van der Waals surface area contributed by atoms with Gasteiger partial charge in [-0.05, 0) is 56.5 Å². The molecule has 0 fully saturated rings. The van der Waals surface area contributed by atoms with E-state index >= 15 is 0 Å². The van der Waals surface area contributed by atoms with Crippen molar-refractivity contribution in [1.82, 2.24) is 9.97 Å². The summed E-state index contributed by atoms with van der Waals surface area (Å²) >= 11 is 6.51. The van der Waals surface area contributed by atoms with Crippen LogP contribution in [0, 0.1) is 12.7 Å². The number of aryl methyl sites for hydroxylation is 1. The van der Waals surface area contributed by atoms with E-state index in [0.717, 1.165) is 5.56 Å². The van der Waals surface area contributed by atoms with Gasteiger partial charge in [0.25, 0.3) is 0 Å². The molecule has 19 heavy (non-hydrogen) atoms. The fraction of sp³-hybridized carbons (Fsp3) is 0.167. The average molecular weight is 390 g/mol. The number of benzene rings is 1. The van der Waals surface area contributed by atoms with E-state index in [0.29, 0.717) is 26.4 Å². The van der Waals surface area contributed by atoms with E-state index in [1.54, 1.807) is 19.3 Å². The highest BCUT2D eigenvalue weighted by molar-refractivity contribution is 9.10. The second-order valence-corrected chi connectivity index (χ2v) is 5.56. The molecule has 2 aromatic rings. The van der Waals surface area contributed by atoms with Crippen LogP contribution in [0.25, 0.3) is 0 Å². The van der Waals surface area contributed by atoms with Crippen molar-refractivity contribution in [2.45, 2.75) is 6.92 Å². The molecule has 2 rings (SSSR count). The van der Waals surface area contributed by atoms with Crippen molar-refractivity contribution in [3.05, 3.63) is 38.7 Å². The van der Waals surface area contributed by atoms with Crippen LogP contribution >= 0.6 is 31.9 Å². The largest absolute Gasteiger partial charge is 0.357 e. The Morgan fingerprint density at radius 1 is 1.21 bits per heavy atom. The molecule has 0 aliphatic heterocycles. The molecule has 0 spiro atoms. The second-order valence-electron chi connectivity index (χ2n) is 3.85. The van der Waals surface area contributed by atoms with E-state index < -0.39 is 0 Å². The van der Waals surface area contributed by atoms with Gasteiger partial charge >= 0.3 is 0 Å². The first-order valence-electron chi connectivity index (χ1n) is 5.44. The van der Waals surface area contributed by atoms with Crippen LogP contribution in [0.1, 0.15) is 5.56 Å². The Balaban J connectivity index is 2.38. The van der Waals surface area contributed by atoms with Crippen LogP contribution in [0.3, 0.4) is 0 Å². The molecule has 7 heteroatoms. The molecule has 0 saturated heterocycles. The maximum absolute atomic E-state index is 13.6. The van der Waals surface area contributed by atoms with Crippen molar-refractivity contribution < 1.29 is 4.39 Å². The minimum atomic E-state index is -0.327. The molecule has 2 N–H and O–H groups in total. The lowest BCUT2D eigenvalue weighted by Crippen LogP contribution is -2.02. The van der Waals surface area contributed by atoms with Gasteiger partial charge in [-0.3, -0.25) is 0 Å². The molecule has 0 radical (unpaired) electrons. The second kappa shape index (κ2) is 5.83. The first kappa shape index (κ1) is 14.2. The van der Waals surface area contributed by atoms with Gasteiger partial charge in [-0.15, -0.1) is 0 Å². The first-order valence-corrected chi connectivity index (χ1v) is 7.03. The zero-order chi connectivity index (χ0) is 14.0. The highest BCUT2D eigenvalue weighted by atomic mass is 79.9. The number of anilines is 3. The van der Waals surface area contributed by atoms with Gasteiger partial charge in [0.15, 0.2) is 0 Å². The molecule has 0 unspecified atom stereocenters. The Morgan fingerprint density at radius 3 is 2.63 bits per heavy atom. The summed E-state index contributed by atoms with van der Waals surface area (Å²) in [6.45, 7) is 1.89. The Kier molecular flexibility index (Phi) is 4.36. The number of rotatable bonds is 3. The molecule has 1 heterocycles. The number of nitrogens with one attached hydrogen (secondary N) is 2. The van der Waals surface area contributed by atoms with Gasteiger partial charge < -0.3 is 10.6 Å². The SMILES string of the molecule is CNc1ncc(Br)c(Nc2cc(F)c(Br)cc2C)n1. The van der Waals surface area contributed by atoms with Crippen molar-refractivity contribution in [2.75, 3.05) is 17.7 Å². The predicted octanol–water partition coefficient (Wildman–Crippen LogP) is 4.23. The molecule has 0 saturated carbocycles. The Morgan fingerprint density at radius 2 is 1.95 bits per heavy atom. The molecule has 100 valence electrons. The summed E-state index contributed by atoms with van der Waals surface area (Å²) in [4.78, 5) is 8.33. The van der Waals surface area contributed by atoms with Crippen LogP contribution in [0.5, 0.6) is 0 Å². The van der Waals surface area contributed by atoms with Gasteiger partial charge in [-0.2, -0.15) is 4.98 Å². The summed E-state index contributed by atoms with van der Waals surface area (Å²) in [6.07, 6.45) is 1.63. The lowest BCUT2D eigenvalue weighted by molar-refractivity contribution is 0.621. The van der Waals surface area contributed by atoms with Crippen LogP contribution in [0.2, 0.25) is 0 Å². The van der Waals surface area contributed by atoms with Crippen LogP contribution in [0.4, 0.5) is 21.8 Å². The molecule has 1 aromatic heterocycles. The Bertz CT molecular complexity index is 619. The van der Waals surface area contributed by atoms with Crippen molar-refractivity contribution in [3.8, 4) is 0 Å². The highest BCUT2D eigenvalue weighted by Gasteiger charge is 2.09. The van der Waals surface area contributed by atoms with Crippen LogP contribution in [-0.4, -0.2) is 17.0 Å². The fourth-order valence-corrected chi connectivity index (χ4v) is 2.23. The standard InChI is InChI=1S/C12H11Br2FN4/c1-6-3-7(13)9(15)4-10(6)18-11-8(14)5-17-12(16-2)19-11/h3-5H,1-2H3,(H2,16,17,18,19). The lowest BCUT2D eigenvalue weighted by Gasteiger charge is -2.12. The van der Waals surface area contributed by atoms with E-state index in [-0.39, 0.29) is 5.82 Å². The zero-order valence-corrected chi connectivity index (χ0v) is 13.4. The van der Waals surface area contributed by atoms with Gasteiger partial charge in [0.05, 0.1) is 8.95 Å². The summed E-state index contributed by atoms with van der Waals surface area (Å²) in [5.41, 5.74) is 1.56. The Hall–Kier alpha value is -1.21. The summed E-state index contributed by atoms with van der Waals surface area (Å²) in [6, 6.07) is 3.14. The maximum atomic E-state index is 13.6.